The molecule has 0 saturated carbocycles. The Balaban J connectivity index is 2.11. The molecule has 134 valence electrons. The van der Waals surface area contributed by atoms with Crippen molar-refractivity contribution < 1.29 is 23.8 Å². The lowest BCUT2D eigenvalue weighted by Crippen LogP contribution is -2.51. The Kier molecular flexibility index (Phi) is 5.96. The molecule has 1 N–H and O–H groups in total. The number of nitrogens with one attached hydrogen (secondary N) is 1. The molecule has 3 atom stereocenters. The molecule has 2 rings (SSSR count). The van der Waals surface area contributed by atoms with E-state index in [2.05, 4.69) is 19.2 Å². The minimum atomic E-state index is -1.25. The van der Waals surface area contributed by atoms with Crippen LogP contribution in [0.3, 0.4) is 0 Å². The number of rotatable bonds is 8. The summed E-state index contributed by atoms with van der Waals surface area (Å²) >= 11 is 0. The van der Waals surface area contributed by atoms with Gasteiger partial charge in [-0.15, -0.1) is 0 Å². The van der Waals surface area contributed by atoms with E-state index in [1.807, 2.05) is 6.08 Å². The molecule has 1 heterocycles. The first-order valence-corrected chi connectivity index (χ1v) is 8.41. The fourth-order valence-corrected chi connectivity index (χ4v) is 3.09. The Labute approximate surface area is 143 Å². The summed E-state index contributed by atoms with van der Waals surface area (Å²) in [5, 5.41) is 2.76. The van der Waals surface area contributed by atoms with E-state index >= 15 is 0 Å². The molecule has 1 amide bonds. The molecule has 1 aliphatic carbocycles. The second-order valence-electron chi connectivity index (χ2n) is 6.44. The number of ketones is 1. The fourth-order valence-electron chi connectivity index (χ4n) is 3.09. The van der Waals surface area contributed by atoms with Crippen molar-refractivity contribution in [3.8, 4) is 0 Å². The molecule has 0 radical (unpaired) electrons. The summed E-state index contributed by atoms with van der Waals surface area (Å²) in [6.45, 7) is 6.00. The van der Waals surface area contributed by atoms with Gasteiger partial charge in [0.1, 0.15) is 0 Å². The van der Waals surface area contributed by atoms with E-state index in [4.69, 9.17) is 14.2 Å². The van der Waals surface area contributed by atoms with Crippen LogP contribution in [0.1, 0.15) is 40.0 Å². The number of allylic oxidation sites excluding steroid dienone is 1. The quantitative estimate of drug-likeness (QED) is 0.417. The van der Waals surface area contributed by atoms with Gasteiger partial charge < -0.3 is 19.5 Å². The van der Waals surface area contributed by atoms with E-state index in [-0.39, 0.29) is 17.4 Å². The van der Waals surface area contributed by atoms with E-state index in [0.29, 0.717) is 11.5 Å². The molecule has 0 aromatic carbocycles. The second kappa shape index (κ2) is 7.59. The van der Waals surface area contributed by atoms with Gasteiger partial charge in [-0.3, -0.25) is 9.59 Å². The number of hydrogen-bond donors (Lipinski definition) is 1. The first-order chi connectivity index (χ1) is 11.4. The van der Waals surface area contributed by atoms with E-state index < -0.39 is 18.0 Å². The van der Waals surface area contributed by atoms with Gasteiger partial charge in [-0.05, 0) is 19.3 Å². The van der Waals surface area contributed by atoms with Crippen LogP contribution in [0.4, 0.5) is 0 Å². The molecule has 6 heteroatoms. The first kappa shape index (κ1) is 18.8. The highest BCUT2D eigenvalue weighted by atomic mass is 16.7. The molecule has 24 heavy (non-hydrogen) atoms. The number of methoxy groups -OCH3 is 2. The third-order valence-corrected chi connectivity index (χ3v) is 4.57. The van der Waals surface area contributed by atoms with Crippen molar-refractivity contribution in [2.75, 3.05) is 14.2 Å². The van der Waals surface area contributed by atoms with Crippen molar-refractivity contribution in [3.05, 3.63) is 23.4 Å². The number of fused-ring (bicyclic) bond motifs is 1. The van der Waals surface area contributed by atoms with Gasteiger partial charge in [0, 0.05) is 25.9 Å². The number of carbonyl (C=O) groups is 2. The molecule has 0 aromatic heterocycles. The topological polar surface area (TPSA) is 77.2 Å². The largest absolute Gasteiger partial charge is 0.355 e. The SMILES string of the molecule is CCCC[C@H](C)/C=C(\C)C(=O)NC1=CC(=O)[C@H]2O[C@H]2C1(OC)OC. The standard InChI is InChI=1S/C18H27NO5/c1-6-7-8-11(2)9-12(3)17(21)19-14-10-13(20)15-16(24-15)18(14,22-4)23-5/h9-11,15-16H,6-8H2,1-5H3,(H,19,21)/b12-9+/t11-,15+,16+/m0/s1. The molecule has 6 nitrogen and oxygen atoms in total. The summed E-state index contributed by atoms with van der Waals surface area (Å²) in [7, 11) is 2.93. The average molecular weight is 337 g/mol. The smallest absolute Gasteiger partial charge is 0.250 e. The Morgan fingerprint density at radius 1 is 1.46 bits per heavy atom. The Bertz CT molecular complexity index is 562. The third-order valence-electron chi connectivity index (χ3n) is 4.57. The van der Waals surface area contributed by atoms with Gasteiger partial charge in [-0.25, -0.2) is 0 Å². The van der Waals surface area contributed by atoms with Crippen LogP contribution in [-0.4, -0.2) is 43.9 Å². The number of unbranched alkanes of at least 4 members (excludes halogenated alkanes) is 1. The highest BCUT2D eigenvalue weighted by Gasteiger charge is 2.64. The van der Waals surface area contributed by atoms with Crippen molar-refractivity contribution in [3.63, 3.8) is 0 Å². The Morgan fingerprint density at radius 2 is 2.12 bits per heavy atom. The molecule has 1 saturated heterocycles. The summed E-state index contributed by atoms with van der Waals surface area (Å²) < 4.78 is 16.3. The van der Waals surface area contributed by atoms with E-state index in [1.165, 1.54) is 20.3 Å². The van der Waals surface area contributed by atoms with Crippen molar-refractivity contribution in [2.45, 2.75) is 58.0 Å². The van der Waals surface area contributed by atoms with Gasteiger partial charge in [-0.2, -0.15) is 0 Å². The van der Waals surface area contributed by atoms with E-state index in [9.17, 15) is 9.59 Å². The van der Waals surface area contributed by atoms with Crippen LogP contribution in [0, 0.1) is 5.92 Å². The summed E-state index contributed by atoms with van der Waals surface area (Å²) in [6, 6.07) is 0. The molecular weight excluding hydrogens is 310 g/mol. The zero-order valence-electron chi connectivity index (χ0n) is 15.0. The molecule has 1 aliphatic heterocycles. The van der Waals surface area contributed by atoms with Gasteiger partial charge in [-0.1, -0.05) is 32.8 Å². The van der Waals surface area contributed by atoms with Gasteiger partial charge in [0.2, 0.25) is 5.79 Å². The molecule has 2 aliphatic rings. The van der Waals surface area contributed by atoms with Gasteiger partial charge in [0.25, 0.3) is 5.91 Å². The molecule has 0 aromatic rings. The Hall–Kier alpha value is -1.50. The third kappa shape index (κ3) is 3.61. The van der Waals surface area contributed by atoms with Gasteiger partial charge >= 0.3 is 0 Å². The summed E-state index contributed by atoms with van der Waals surface area (Å²) in [4.78, 5) is 24.4. The number of amides is 1. The van der Waals surface area contributed by atoms with Crippen LogP contribution in [0.15, 0.2) is 23.4 Å². The van der Waals surface area contributed by atoms with Gasteiger partial charge in [0.05, 0.1) is 5.70 Å². The van der Waals surface area contributed by atoms with Crippen LogP contribution in [0.5, 0.6) is 0 Å². The van der Waals surface area contributed by atoms with Crippen molar-refractivity contribution in [1.82, 2.24) is 5.32 Å². The number of ether oxygens (including phenoxy) is 3. The van der Waals surface area contributed by atoms with Gasteiger partial charge in [0.15, 0.2) is 18.0 Å². The lowest BCUT2D eigenvalue weighted by atomic mass is 9.96. The second-order valence-corrected chi connectivity index (χ2v) is 6.44. The van der Waals surface area contributed by atoms with E-state index in [0.717, 1.165) is 19.3 Å². The van der Waals surface area contributed by atoms with Crippen LogP contribution in [0.2, 0.25) is 0 Å². The number of epoxide rings is 1. The average Bonchev–Trinajstić information content (AvgIpc) is 3.35. The van der Waals surface area contributed by atoms with Crippen LogP contribution >= 0.6 is 0 Å². The van der Waals surface area contributed by atoms with Crippen LogP contribution < -0.4 is 5.32 Å². The predicted molar refractivity (Wildman–Crippen MR) is 89.1 cm³/mol. The monoisotopic (exact) mass is 337 g/mol. The lowest BCUT2D eigenvalue weighted by Gasteiger charge is -2.33. The summed E-state index contributed by atoms with van der Waals surface area (Å²) in [5.41, 5.74) is 0.891. The van der Waals surface area contributed by atoms with Crippen molar-refractivity contribution in [2.24, 2.45) is 5.92 Å². The fraction of sp³-hybridized carbons (Fsp3) is 0.667. The van der Waals surface area contributed by atoms with Crippen LogP contribution in [0.25, 0.3) is 0 Å². The first-order valence-electron chi connectivity index (χ1n) is 8.41. The summed E-state index contributed by atoms with van der Waals surface area (Å²) in [6.07, 6.45) is 5.53. The summed E-state index contributed by atoms with van der Waals surface area (Å²) in [5.74, 6) is -1.38. The normalized spacial score (nSPS) is 26.5. The van der Waals surface area contributed by atoms with Crippen LogP contribution in [-0.2, 0) is 23.8 Å². The minimum absolute atomic E-state index is 0.182. The predicted octanol–water partition coefficient (Wildman–Crippen LogP) is 2.10. The molecule has 1 fully saturated rings. The zero-order chi connectivity index (χ0) is 17.9. The van der Waals surface area contributed by atoms with Crippen molar-refractivity contribution in [1.29, 1.82) is 0 Å². The maximum absolute atomic E-state index is 12.5. The number of carbonyl (C=O) groups excluding carboxylic acids is 2. The number of hydrogen-bond acceptors (Lipinski definition) is 5. The van der Waals surface area contributed by atoms with E-state index in [1.54, 1.807) is 6.92 Å². The molecule has 0 unspecified atom stereocenters. The van der Waals surface area contributed by atoms with Crippen molar-refractivity contribution >= 4 is 11.7 Å². The Morgan fingerprint density at radius 3 is 2.71 bits per heavy atom. The highest BCUT2D eigenvalue weighted by molar-refractivity contribution is 6.00. The zero-order valence-corrected chi connectivity index (χ0v) is 15.0. The maximum Gasteiger partial charge on any atom is 0.250 e. The highest BCUT2D eigenvalue weighted by Crippen LogP contribution is 2.43. The molecule has 0 bridgehead atoms. The minimum Gasteiger partial charge on any atom is -0.355 e. The maximum atomic E-state index is 12.5. The lowest BCUT2D eigenvalue weighted by molar-refractivity contribution is -0.195. The molecule has 0 spiro atoms. The molecular formula is C18H27NO5.